The Kier molecular flexibility index (Phi) is 6.08. The van der Waals surface area contributed by atoms with Crippen molar-refractivity contribution in [3.8, 4) is 10.4 Å². The molecule has 2 amide bonds. The number of nitrogens with one attached hydrogen (secondary N) is 2. The highest BCUT2D eigenvalue weighted by Crippen LogP contribution is 2.40. The third-order valence-electron chi connectivity index (χ3n) is 5.87. The van der Waals surface area contributed by atoms with E-state index >= 15 is 0 Å². The van der Waals surface area contributed by atoms with Crippen LogP contribution in [0, 0.1) is 6.92 Å². The molecule has 2 aliphatic rings. The second-order valence-electron chi connectivity index (χ2n) is 8.14. The molecule has 0 bridgehead atoms. The lowest BCUT2D eigenvalue weighted by Gasteiger charge is -2.12. The number of carbonyl (C=O) groups excluding carboxylic acids is 2. The fourth-order valence-electron chi connectivity index (χ4n) is 4.36. The lowest BCUT2D eigenvalue weighted by atomic mass is 10.1. The van der Waals surface area contributed by atoms with Crippen molar-refractivity contribution in [3.05, 3.63) is 57.0 Å². The van der Waals surface area contributed by atoms with E-state index in [0.29, 0.717) is 22.8 Å². The minimum atomic E-state index is -0.277. The predicted octanol–water partition coefficient (Wildman–Crippen LogP) is 4.83. The molecule has 166 valence electrons. The number of hydrogen-bond acceptors (Lipinski definition) is 6. The van der Waals surface area contributed by atoms with Crippen LogP contribution in [0.15, 0.2) is 30.3 Å². The summed E-state index contributed by atoms with van der Waals surface area (Å²) in [6, 6.07) is 9.81. The summed E-state index contributed by atoms with van der Waals surface area (Å²) in [5, 5.41) is 7.50. The van der Waals surface area contributed by atoms with Gasteiger partial charge in [-0.2, -0.15) is 0 Å². The van der Waals surface area contributed by atoms with Gasteiger partial charge in [0.15, 0.2) is 0 Å². The average molecular weight is 468 g/mol. The maximum Gasteiger partial charge on any atom is 0.276 e. The number of amides is 2. The van der Waals surface area contributed by atoms with Crippen LogP contribution in [0.4, 0.5) is 5.00 Å². The Balaban J connectivity index is 1.40. The molecule has 32 heavy (non-hydrogen) atoms. The molecule has 3 aromatic rings. The van der Waals surface area contributed by atoms with E-state index in [2.05, 4.69) is 15.6 Å². The van der Waals surface area contributed by atoms with Gasteiger partial charge in [0, 0.05) is 18.0 Å². The van der Waals surface area contributed by atoms with Gasteiger partial charge in [-0.3, -0.25) is 9.59 Å². The largest absolute Gasteiger partial charge is 0.376 e. The van der Waals surface area contributed by atoms with Gasteiger partial charge >= 0.3 is 0 Å². The summed E-state index contributed by atoms with van der Waals surface area (Å²) < 4.78 is 5.63. The number of aromatic nitrogens is 1. The van der Waals surface area contributed by atoms with Crippen molar-refractivity contribution in [2.24, 2.45) is 0 Å². The number of rotatable bonds is 6. The first-order valence-corrected chi connectivity index (χ1v) is 12.6. The van der Waals surface area contributed by atoms with Crippen molar-refractivity contribution in [1.29, 1.82) is 0 Å². The zero-order valence-electron chi connectivity index (χ0n) is 17.9. The summed E-state index contributed by atoms with van der Waals surface area (Å²) in [6.45, 7) is 3.16. The zero-order chi connectivity index (χ0) is 22.1. The number of aryl methyl sites for hydroxylation is 2. The van der Waals surface area contributed by atoms with E-state index in [4.69, 9.17) is 4.74 Å². The van der Waals surface area contributed by atoms with Gasteiger partial charge in [0.25, 0.3) is 11.8 Å². The Hall–Kier alpha value is -2.55. The lowest BCUT2D eigenvalue weighted by molar-refractivity contribution is 0.0858. The summed E-state index contributed by atoms with van der Waals surface area (Å²) in [6.07, 6.45) is 4.95. The summed E-state index contributed by atoms with van der Waals surface area (Å²) in [4.78, 5) is 32.9. The maximum atomic E-state index is 13.3. The smallest absolute Gasteiger partial charge is 0.276 e. The van der Waals surface area contributed by atoms with Crippen molar-refractivity contribution in [3.63, 3.8) is 0 Å². The van der Waals surface area contributed by atoms with Crippen LogP contribution in [0.2, 0.25) is 0 Å². The van der Waals surface area contributed by atoms with E-state index in [0.717, 1.165) is 59.7 Å². The van der Waals surface area contributed by atoms with Crippen LogP contribution in [-0.4, -0.2) is 36.1 Å². The van der Waals surface area contributed by atoms with Gasteiger partial charge in [-0.25, -0.2) is 4.98 Å². The fourth-order valence-corrected chi connectivity index (χ4v) is 6.56. The molecule has 8 heteroatoms. The highest BCUT2D eigenvalue weighted by molar-refractivity contribution is 7.17. The molecule has 1 aromatic carbocycles. The van der Waals surface area contributed by atoms with Crippen molar-refractivity contribution >= 4 is 39.5 Å². The molecule has 6 nitrogen and oxygen atoms in total. The Labute approximate surface area is 195 Å². The molecule has 2 N–H and O–H groups in total. The van der Waals surface area contributed by atoms with Crippen molar-refractivity contribution in [1.82, 2.24) is 10.3 Å². The molecule has 1 aliphatic carbocycles. The summed E-state index contributed by atoms with van der Waals surface area (Å²) in [7, 11) is 0. The Bertz CT molecular complexity index is 1150. The van der Waals surface area contributed by atoms with E-state index in [9.17, 15) is 9.59 Å². The monoisotopic (exact) mass is 467 g/mol. The number of ether oxygens (including phenoxy) is 1. The van der Waals surface area contributed by atoms with E-state index in [1.54, 1.807) is 0 Å². The third-order valence-corrected chi connectivity index (χ3v) is 8.10. The second-order valence-corrected chi connectivity index (χ2v) is 10.4. The fraction of sp³-hybridized carbons (Fsp3) is 0.375. The standard InChI is InChI=1S/C24H25N3O3S2/c1-14-26-20(21(31-14)15-7-3-2-4-8-15)23(29)27-24-19(17-10-5-11-18(17)32-24)22(28)25-13-16-9-6-12-30-16/h2-4,7-8,16H,5-6,9-13H2,1H3,(H,25,28)(H,27,29). The van der Waals surface area contributed by atoms with Crippen LogP contribution < -0.4 is 10.6 Å². The Morgan fingerprint density at radius 3 is 2.75 bits per heavy atom. The van der Waals surface area contributed by atoms with E-state index in [-0.39, 0.29) is 17.9 Å². The number of fused-ring (bicyclic) bond motifs is 1. The summed E-state index contributed by atoms with van der Waals surface area (Å²) in [5.74, 6) is -0.408. The van der Waals surface area contributed by atoms with Gasteiger partial charge in [0.2, 0.25) is 0 Å². The molecule has 0 spiro atoms. The Morgan fingerprint density at radius 2 is 1.97 bits per heavy atom. The van der Waals surface area contributed by atoms with Crippen LogP contribution in [-0.2, 0) is 17.6 Å². The minimum Gasteiger partial charge on any atom is -0.376 e. The van der Waals surface area contributed by atoms with E-state index < -0.39 is 0 Å². The molecule has 2 aromatic heterocycles. The first-order chi connectivity index (χ1) is 15.6. The number of benzene rings is 1. The maximum absolute atomic E-state index is 13.3. The molecule has 1 fully saturated rings. The molecule has 5 rings (SSSR count). The first-order valence-electron chi connectivity index (χ1n) is 11.0. The molecule has 1 saturated heterocycles. The van der Waals surface area contributed by atoms with Crippen LogP contribution in [0.3, 0.4) is 0 Å². The van der Waals surface area contributed by atoms with Gasteiger partial charge in [0.05, 0.1) is 21.6 Å². The van der Waals surface area contributed by atoms with Crippen molar-refractivity contribution < 1.29 is 14.3 Å². The highest BCUT2D eigenvalue weighted by Gasteiger charge is 2.29. The molecule has 1 aliphatic heterocycles. The number of nitrogens with zero attached hydrogens (tertiary/aromatic N) is 1. The highest BCUT2D eigenvalue weighted by atomic mass is 32.1. The number of carbonyl (C=O) groups is 2. The molecule has 1 unspecified atom stereocenters. The predicted molar refractivity (Wildman–Crippen MR) is 128 cm³/mol. The number of thiazole rings is 1. The van der Waals surface area contributed by atoms with Gasteiger partial charge in [-0.1, -0.05) is 30.3 Å². The average Bonchev–Trinajstić information content (AvgIpc) is 3.57. The quantitative estimate of drug-likeness (QED) is 0.544. The SMILES string of the molecule is Cc1nc(C(=O)Nc2sc3c(c2C(=O)NCC2CCCO2)CCC3)c(-c2ccccc2)s1. The van der Waals surface area contributed by atoms with Crippen LogP contribution >= 0.6 is 22.7 Å². The van der Waals surface area contributed by atoms with Gasteiger partial charge in [-0.05, 0) is 50.2 Å². The first kappa shape index (κ1) is 21.3. The topological polar surface area (TPSA) is 80.3 Å². The second kappa shape index (κ2) is 9.13. The zero-order valence-corrected chi connectivity index (χ0v) is 19.5. The molecular weight excluding hydrogens is 442 g/mol. The van der Waals surface area contributed by atoms with E-state index in [1.807, 2.05) is 37.3 Å². The third kappa shape index (κ3) is 4.22. The lowest BCUT2D eigenvalue weighted by Crippen LogP contribution is -2.32. The van der Waals surface area contributed by atoms with Crippen LogP contribution in [0.5, 0.6) is 0 Å². The van der Waals surface area contributed by atoms with Crippen LogP contribution in [0.1, 0.15) is 55.6 Å². The summed E-state index contributed by atoms with van der Waals surface area (Å²) >= 11 is 3.02. The van der Waals surface area contributed by atoms with Gasteiger partial charge in [-0.15, -0.1) is 22.7 Å². The number of hydrogen-bond donors (Lipinski definition) is 2. The summed E-state index contributed by atoms with van der Waals surface area (Å²) in [5.41, 5.74) is 3.05. The Morgan fingerprint density at radius 1 is 1.12 bits per heavy atom. The van der Waals surface area contributed by atoms with Crippen molar-refractivity contribution in [2.45, 2.75) is 45.1 Å². The minimum absolute atomic E-state index is 0.0788. The molecule has 3 heterocycles. The van der Waals surface area contributed by atoms with Crippen LogP contribution in [0.25, 0.3) is 10.4 Å². The number of thiophene rings is 1. The molecule has 0 radical (unpaired) electrons. The van der Waals surface area contributed by atoms with Gasteiger partial charge in [0.1, 0.15) is 10.7 Å². The molecule has 1 atom stereocenters. The molecular formula is C24H25N3O3S2. The van der Waals surface area contributed by atoms with Crippen molar-refractivity contribution in [2.75, 3.05) is 18.5 Å². The molecule has 0 saturated carbocycles. The normalized spacial score (nSPS) is 17.3. The van der Waals surface area contributed by atoms with Gasteiger partial charge < -0.3 is 15.4 Å². The number of anilines is 1. The van der Waals surface area contributed by atoms with E-state index in [1.165, 1.54) is 27.6 Å².